The van der Waals surface area contributed by atoms with Crippen LogP contribution in [0.2, 0.25) is 0 Å². The maximum Gasteiger partial charge on any atom is 2.00 e. The molecule has 5 heterocycles. The number of carboxylic acid groups (broad SMARTS) is 2. The van der Waals surface area contributed by atoms with Crippen LogP contribution < -0.4 is 36.2 Å². The van der Waals surface area contributed by atoms with Crippen LogP contribution in [-0.4, -0.2) is 27.9 Å². The van der Waals surface area contributed by atoms with Crippen molar-refractivity contribution in [3.8, 4) is 0 Å². The minimum atomic E-state index is -0.914. The van der Waals surface area contributed by atoms with Crippen LogP contribution in [0.5, 0.6) is 0 Å². The second-order valence-electron chi connectivity index (χ2n) is 10.4. The van der Waals surface area contributed by atoms with Gasteiger partial charge in [-0.15, -0.1) is 39.2 Å². The predicted octanol–water partition coefficient (Wildman–Crippen LogP) is 1.81. The molecule has 0 saturated carbocycles. The molecule has 0 saturated heterocycles. The minimum absolute atomic E-state index is 0. The van der Waals surface area contributed by atoms with Crippen LogP contribution in [0, 0.1) is 20.4 Å². The van der Waals surface area contributed by atoms with Crippen LogP contribution in [-0.2, 0) is 39.5 Å². The number of rotatable bonds is 8. The number of aliphatic imine (C=N–C) groups is 1. The fraction of sp³-hybridized carbons (Fsp3) is 0.206. The summed E-state index contributed by atoms with van der Waals surface area (Å²) < 4.78 is 0. The summed E-state index contributed by atoms with van der Waals surface area (Å²) in [6.45, 7) is 20.0. The summed E-state index contributed by atoms with van der Waals surface area (Å²) in [7, 11) is 0. The van der Waals surface area contributed by atoms with Gasteiger partial charge in [0.2, 0.25) is 0 Å². The van der Waals surface area contributed by atoms with Gasteiger partial charge in [0.1, 0.15) is 0 Å². The molecular formula is C34H30FeN4O4-2. The third-order valence-electron chi connectivity index (χ3n) is 7.87. The molecule has 2 aliphatic heterocycles. The van der Waals surface area contributed by atoms with Crippen LogP contribution >= 0.6 is 0 Å². The first-order valence-corrected chi connectivity index (χ1v) is 13.5. The summed E-state index contributed by atoms with van der Waals surface area (Å²) in [5.74, 6) is -1.82. The smallest absolute Gasteiger partial charge is 0.674 e. The summed E-state index contributed by atoms with van der Waals surface area (Å²) >= 11 is 0. The number of hydrogen-bond donors (Lipinski definition) is 2. The Balaban J connectivity index is 0.00000423. The zero-order valence-corrected chi connectivity index (χ0v) is 25.2. The predicted molar refractivity (Wildman–Crippen MR) is 163 cm³/mol. The van der Waals surface area contributed by atoms with Crippen LogP contribution in [0.1, 0.15) is 64.7 Å². The van der Waals surface area contributed by atoms with Crippen LogP contribution in [0.15, 0.2) is 34.5 Å². The summed E-state index contributed by atoms with van der Waals surface area (Å²) in [6, 6.07) is 0. The Labute approximate surface area is 259 Å². The molecule has 220 valence electrons. The maximum atomic E-state index is 11.5. The molecule has 2 aliphatic rings. The third-order valence-corrected chi connectivity index (χ3v) is 7.87. The second-order valence-corrected chi connectivity index (χ2v) is 10.4. The third kappa shape index (κ3) is 5.87. The summed E-state index contributed by atoms with van der Waals surface area (Å²) in [4.78, 5) is 42.5. The number of carboxylic acids is 2. The topological polar surface area (TPSA) is 129 Å². The first kappa shape index (κ1) is 31.3. The molecule has 0 aliphatic carbocycles. The fourth-order valence-electron chi connectivity index (χ4n) is 5.47. The van der Waals surface area contributed by atoms with Crippen molar-refractivity contribution < 1.29 is 36.9 Å². The van der Waals surface area contributed by atoms with Crippen molar-refractivity contribution in [1.29, 1.82) is 0 Å². The molecular weight excluding hydrogens is 584 g/mol. The van der Waals surface area contributed by atoms with Crippen LogP contribution in [0.3, 0.4) is 0 Å². The Morgan fingerprint density at radius 3 is 2.14 bits per heavy atom. The summed E-state index contributed by atoms with van der Waals surface area (Å²) in [5, 5.41) is 21.3. The van der Waals surface area contributed by atoms with Crippen molar-refractivity contribution in [2.24, 2.45) is 4.99 Å². The molecule has 2 N–H and O–H groups in total. The van der Waals surface area contributed by atoms with Gasteiger partial charge >= 0.3 is 29.0 Å². The van der Waals surface area contributed by atoms with E-state index in [4.69, 9.17) is 26.5 Å². The molecule has 5 rings (SSSR count). The molecule has 8 bridgehead atoms. The van der Waals surface area contributed by atoms with E-state index in [1.54, 1.807) is 6.08 Å². The normalized spacial score (nSPS) is 17.2. The van der Waals surface area contributed by atoms with E-state index in [9.17, 15) is 19.8 Å². The van der Waals surface area contributed by atoms with Gasteiger partial charge in [0.05, 0.1) is 11.4 Å². The fourth-order valence-corrected chi connectivity index (χ4v) is 5.47. The van der Waals surface area contributed by atoms with E-state index in [0.29, 0.717) is 55.3 Å². The standard InChI is InChI=1S/C34H32N4O4.Fe/c1-7-21-17(3)25-13-26-19(5)23(9-11-33(39)40)31(37-26)16-32-24(10-12-34(41)42)20(6)28(38-32)15-30-22(8-2)18(4)27(36-30)14-29(21)35-25;/h1,7-8,13-16H,2-3,9-12H2,4-6H3,(H4-,35,36,37,38,39,40,41,42);/q-2;+2/p-2/b27-14-;. The molecule has 0 amide bonds. The molecule has 0 aromatic carbocycles. The van der Waals surface area contributed by atoms with E-state index in [1.165, 1.54) is 6.08 Å². The quantitative estimate of drug-likeness (QED) is 0.293. The molecule has 0 unspecified atom stereocenters. The summed E-state index contributed by atoms with van der Waals surface area (Å²) in [6.07, 6.45) is 11.0. The Hall–Kier alpha value is -4.59. The van der Waals surface area contributed by atoms with Gasteiger partial charge in [-0.25, -0.2) is 16.8 Å². The van der Waals surface area contributed by atoms with E-state index in [-0.39, 0.29) is 42.8 Å². The molecule has 3 aromatic heterocycles. The van der Waals surface area contributed by atoms with E-state index in [0.717, 1.165) is 33.4 Å². The number of nitrogens with zero attached hydrogens (tertiary/aromatic N) is 4. The van der Waals surface area contributed by atoms with Gasteiger partial charge in [-0.2, -0.15) is 5.56 Å². The van der Waals surface area contributed by atoms with Crippen molar-refractivity contribution in [2.45, 2.75) is 46.5 Å². The van der Waals surface area contributed by atoms with Crippen molar-refractivity contribution >= 4 is 54.6 Å². The van der Waals surface area contributed by atoms with Gasteiger partial charge < -0.3 is 25.2 Å². The molecule has 0 spiro atoms. The Kier molecular flexibility index (Phi) is 8.99. The maximum absolute atomic E-state index is 11.5. The van der Waals surface area contributed by atoms with Crippen molar-refractivity contribution in [3.05, 3.63) is 102 Å². The first-order valence-electron chi connectivity index (χ1n) is 13.5. The van der Waals surface area contributed by atoms with E-state index in [2.05, 4.69) is 13.2 Å². The number of carbonyl (C=O) groups is 2. The van der Waals surface area contributed by atoms with E-state index in [1.807, 2.05) is 45.1 Å². The second kappa shape index (κ2) is 12.3. The largest absolute Gasteiger partial charge is 2.00 e. The van der Waals surface area contributed by atoms with Gasteiger partial charge in [0.15, 0.2) is 0 Å². The first-order chi connectivity index (χ1) is 20.0. The molecule has 0 atom stereocenters. The number of allylic oxidation sites excluding steroid dienone is 3. The van der Waals surface area contributed by atoms with Crippen molar-refractivity contribution in [3.63, 3.8) is 0 Å². The van der Waals surface area contributed by atoms with Gasteiger partial charge in [0, 0.05) is 18.4 Å². The Morgan fingerprint density at radius 1 is 0.860 bits per heavy atom. The number of aliphatic carboxylic acids is 2. The minimum Gasteiger partial charge on any atom is -0.674 e. The van der Waals surface area contributed by atoms with Gasteiger partial charge in [-0.3, -0.25) is 16.2 Å². The SMILES string of the molecule is [CH-]=Cc1c2[n-]/c(c1=C)=C\c1[n-]c(c(CCC(=O)O)c1C)/C=c1\[n-]/c(c(C)c1CCC(=O)O)=C\C1=NC(=C\2)/C(C)=C1C=C.[Fe+2]. The average molecular weight is 614 g/mol. The monoisotopic (exact) mass is 614 g/mol. The van der Waals surface area contributed by atoms with Crippen LogP contribution in [0.4, 0.5) is 0 Å². The van der Waals surface area contributed by atoms with Crippen molar-refractivity contribution in [2.75, 3.05) is 0 Å². The molecule has 43 heavy (non-hydrogen) atoms. The van der Waals surface area contributed by atoms with Crippen molar-refractivity contribution in [1.82, 2.24) is 15.0 Å². The Morgan fingerprint density at radius 2 is 1.51 bits per heavy atom. The van der Waals surface area contributed by atoms with Gasteiger partial charge in [-0.1, -0.05) is 59.2 Å². The van der Waals surface area contributed by atoms with E-state index < -0.39 is 11.9 Å². The average Bonchev–Trinajstić information content (AvgIpc) is 3.59. The molecule has 8 nitrogen and oxygen atoms in total. The molecule has 0 radical (unpaired) electrons. The summed E-state index contributed by atoms with van der Waals surface area (Å²) in [5.41, 5.74) is 8.92. The van der Waals surface area contributed by atoms with Gasteiger partial charge in [0.25, 0.3) is 0 Å². The number of aromatic nitrogens is 3. The zero-order chi connectivity index (χ0) is 30.3. The van der Waals surface area contributed by atoms with E-state index >= 15 is 0 Å². The Bertz CT molecular complexity index is 2030. The zero-order valence-electron chi connectivity index (χ0n) is 24.1. The number of fused-ring (bicyclic) bond motifs is 7. The molecule has 0 fully saturated rings. The molecule has 3 aromatic rings. The molecule has 9 heteroatoms. The van der Waals surface area contributed by atoms with Gasteiger partial charge in [-0.05, 0) is 39.2 Å². The van der Waals surface area contributed by atoms with Crippen LogP contribution in [0.25, 0.3) is 37.0 Å². The number of hydrogen-bond acceptors (Lipinski definition) is 3.